The summed E-state index contributed by atoms with van der Waals surface area (Å²) in [6.07, 6.45) is 7.47. The Morgan fingerprint density at radius 3 is 3.00 bits per heavy atom. The van der Waals surface area contributed by atoms with Crippen LogP contribution in [0.15, 0.2) is 18.3 Å². The number of methoxy groups -OCH3 is 1. The zero-order valence-electron chi connectivity index (χ0n) is 14.3. The molecule has 0 radical (unpaired) electrons. The monoisotopic (exact) mass is 324 g/mol. The Hall–Kier alpha value is -2.27. The zero-order valence-corrected chi connectivity index (χ0v) is 14.3. The van der Waals surface area contributed by atoms with E-state index >= 15 is 0 Å². The van der Waals surface area contributed by atoms with Crippen molar-refractivity contribution in [1.82, 2.24) is 15.2 Å². The lowest BCUT2D eigenvalue weighted by atomic mass is 10.0. The fourth-order valence-electron chi connectivity index (χ4n) is 3.78. The van der Waals surface area contributed by atoms with Gasteiger partial charge in [0.15, 0.2) is 0 Å². The first-order valence-electron chi connectivity index (χ1n) is 8.74. The number of rotatable bonds is 5. The third-order valence-corrected chi connectivity index (χ3v) is 4.90. The number of nitrogens with zero attached hydrogens (tertiary/aromatic N) is 1. The SMILES string of the molecule is CCCc1cc2[nH]c3c(c2cc1NCOC)CCCc1cn[nH]c1-3. The van der Waals surface area contributed by atoms with E-state index < -0.39 is 0 Å². The number of nitrogens with one attached hydrogen (secondary N) is 3. The van der Waals surface area contributed by atoms with E-state index in [1.165, 1.54) is 39.0 Å². The number of fused-ring (bicyclic) bond motifs is 5. The van der Waals surface area contributed by atoms with E-state index in [9.17, 15) is 0 Å². The van der Waals surface area contributed by atoms with E-state index in [1.54, 1.807) is 7.11 Å². The van der Waals surface area contributed by atoms with Gasteiger partial charge in [0.25, 0.3) is 0 Å². The van der Waals surface area contributed by atoms with Crippen LogP contribution in [0.4, 0.5) is 5.69 Å². The molecule has 1 aliphatic rings. The van der Waals surface area contributed by atoms with Crippen molar-refractivity contribution in [3.63, 3.8) is 0 Å². The Labute approximate surface area is 141 Å². The standard InChI is InChI=1S/C19H24N4O/c1-3-5-12-8-17-15(9-16(12)20-11-24-2)14-7-4-6-13-10-21-23-18(13)19(14)22-17/h8-10,20,22H,3-7,11H2,1-2H3,(H,21,23). The van der Waals surface area contributed by atoms with Gasteiger partial charge in [0.2, 0.25) is 0 Å². The van der Waals surface area contributed by atoms with E-state index in [2.05, 4.69) is 39.6 Å². The van der Waals surface area contributed by atoms with Gasteiger partial charge in [-0.15, -0.1) is 0 Å². The lowest BCUT2D eigenvalue weighted by molar-refractivity contribution is 0.221. The lowest BCUT2D eigenvalue weighted by Gasteiger charge is -2.12. The fourth-order valence-corrected chi connectivity index (χ4v) is 3.78. The van der Waals surface area contributed by atoms with Gasteiger partial charge in [0.1, 0.15) is 6.73 Å². The number of aromatic nitrogens is 3. The minimum absolute atomic E-state index is 0.527. The number of hydrogen-bond acceptors (Lipinski definition) is 3. The van der Waals surface area contributed by atoms with Gasteiger partial charge in [0, 0.05) is 23.7 Å². The van der Waals surface area contributed by atoms with Gasteiger partial charge in [-0.05, 0) is 54.5 Å². The topological polar surface area (TPSA) is 65.7 Å². The van der Waals surface area contributed by atoms with Gasteiger partial charge < -0.3 is 15.0 Å². The molecule has 0 unspecified atom stereocenters. The summed E-state index contributed by atoms with van der Waals surface area (Å²) >= 11 is 0. The van der Waals surface area contributed by atoms with Crippen molar-refractivity contribution in [2.45, 2.75) is 39.0 Å². The predicted molar refractivity (Wildman–Crippen MR) is 97.4 cm³/mol. The van der Waals surface area contributed by atoms with E-state index in [1.807, 2.05) is 6.20 Å². The van der Waals surface area contributed by atoms with Crippen LogP contribution < -0.4 is 5.32 Å². The Balaban J connectivity index is 1.88. The number of benzene rings is 1. The maximum absolute atomic E-state index is 5.21. The van der Waals surface area contributed by atoms with E-state index in [0.717, 1.165) is 37.8 Å². The molecular formula is C19H24N4O. The molecule has 5 heteroatoms. The Morgan fingerprint density at radius 2 is 2.17 bits per heavy atom. The van der Waals surface area contributed by atoms with Gasteiger partial charge in [0.05, 0.1) is 17.6 Å². The molecule has 126 valence electrons. The summed E-state index contributed by atoms with van der Waals surface area (Å²) in [7, 11) is 1.72. The van der Waals surface area contributed by atoms with E-state index in [0.29, 0.717) is 6.73 Å². The van der Waals surface area contributed by atoms with Crippen molar-refractivity contribution >= 4 is 16.6 Å². The quantitative estimate of drug-likeness (QED) is 0.621. The highest BCUT2D eigenvalue weighted by Gasteiger charge is 2.21. The Kier molecular flexibility index (Phi) is 4.02. The van der Waals surface area contributed by atoms with Crippen LogP contribution in [0.3, 0.4) is 0 Å². The molecule has 0 atom stereocenters. The van der Waals surface area contributed by atoms with Crippen LogP contribution in [-0.4, -0.2) is 29.0 Å². The summed E-state index contributed by atoms with van der Waals surface area (Å²) in [6, 6.07) is 4.58. The molecule has 1 aromatic carbocycles. The molecule has 2 aromatic heterocycles. The smallest absolute Gasteiger partial charge is 0.116 e. The molecule has 4 rings (SSSR count). The molecule has 2 heterocycles. The molecule has 24 heavy (non-hydrogen) atoms. The lowest BCUT2D eigenvalue weighted by Crippen LogP contribution is -2.05. The number of H-pyrrole nitrogens is 2. The van der Waals surface area contributed by atoms with Crippen molar-refractivity contribution < 1.29 is 4.74 Å². The predicted octanol–water partition coefficient (Wildman–Crippen LogP) is 4.02. The second kappa shape index (κ2) is 6.32. The Bertz CT molecular complexity index is 862. The number of aromatic amines is 2. The van der Waals surface area contributed by atoms with Gasteiger partial charge in [-0.3, -0.25) is 5.10 Å². The van der Waals surface area contributed by atoms with Gasteiger partial charge in [-0.25, -0.2) is 0 Å². The maximum Gasteiger partial charge on any atom is 0.116 e. The van der Waals surface area contributed by atoms with Crippen molar-refractivity contribution in [2.75, 3.05) is 19.2 Å². The number of hydrogen-bond donors (Lipinski definition) is 3. The van der Waals surface area contributed by atoms with Crippen LogP contribution in [0.2, 0.25) is 0 Å². The fraction of sp³-hybridized carbons (Fsp3) is 0.421. The van der Waals surface area contributed by atoms with Crippen molar-refractivity contribution in [3.8, 4) is 11.4 Å². The number of aryl methyl sites for hydroxylation is 3. The number of anilines is 1. The van der Waals surface area contributed by atoms with Crippen LogP contribution in [0, 0.1) is 0 Å². The molecule has 0 spiro atoms. The molecule has 0 amide bonds. The first kappa shape index (κ1) is 15.3. The average Bonchev–Trinajstić information content (AvgIpc) is 3.14. The summed E-state index contributed by atoms with van der Waals surface area (Å²) in [5.41, 5.74) is 8.81. The Morgan fingerprint density at radius 1 is 1.25 bits per heavy atom. The second-order valence-corrected chi connectivity index (χ2v) is 6.52. The molecule has 0 fully saturated rings. The third kappa shape index (κ3) is 2.49. The summed E-state index contributed by atoms with van der Waals surface area (Å²) in [5.74, 6) is 0. The average molecular weight is 324 g/mol. The molecule has 5 nitrogen and oxygen atoms in total. The van der Waals surface area contributed by atoms with E-state index in [4.69, 9.17) is 4.74 Å². The van der Waals surface area contributed by atoms with Crippen LogP contribution in [0.25, 0.3) is 22.3 Å². The summed E-state index contributed by atoms with van der Waals surface area (Å²) in [6.45, 7) is 2.74. The molecule has 0 saturated heterocycles. The van der Waals surface area contributed by atoms with Crippen LogP contribution >= 0.6 is 0 Å². The highest BCUT2D eigenvalue weighted by molar-refractivity contribution is 5.94. The minimum Gasteiger partial charge on any atom is -0.365 e. The van der Waals surface area contributed by atoms with Gasteiger partial charge >= 0.3 is 0 Å². The summed E-state index contributed by atoms with van der Waals surface area (Å²) < 4.78 is 5.21. The molecule has 0 aliphatic heterocycles. The highest BCUT2D eigenvalue weighted by atomic mass is 16.5. The first-order chi connectivity index (χ1) is 11.8. The zero-order chi connectivity index (χ0) is 16.5. The molecule has 3 N–H and O–H groups in total. The maximum atomic E-state index is 5.21. The van der Waals surface area contributed by atoms with Crippen LogP contribution in [0.1, 0.15) is 36.5 Å². The molecular weight excluding hydrogens is 300 g/mol. The largest absolute Gasteiger partial charge is 0.365 e. The third-order valence-electron chi connectivity index (χ3n) is 4.90. The van der Waals surface area contributed by atoms with E-state index in [-0.39, 0.29) is 0 Å². The van der Waals surface area contributed by atoms with Crippen molar-refractivity contribution in [2.24, 2.45) is 0 Å². The molecule has 0 saturated carbocycles. The van der Waals surface area contributed by atoms with Crippen molar-refractivity contribution in [3.05, 3.63) is 35.0 Å². The highest BCUT2D eigenvalue weighted by Crippen LogP contribution is 2.37. The van der Waals surface area contributed by atoms with Crippen LogP contribution in [-0.2, 0) is 24.0 Å². The number of ether oxygens (including phenoxy) is 1. The van der Waals surface area contributed by atoms with Gasteiger partial charge in [-0.2, -0.15) is 5.10 Å². The second-order valence-electron chi connectivity index (χ2n) is 6.52. The molecule has 3 aromatic rings. The molecule has 0 bridgehead atoms. The molecule has 1 aliphatic carbocycles. The normalized spacial score (nSPS) is 13.6. The van der Waals surface area contributed by atoms with Crippen LogP contribution in [0.5, 0.6) is 0 Å². The summed E-state index contributed by atoms with van der Waals surface area (Å²) in [4.78, 5) is 3.65. The first-order valence-corrected chi connectivity index (χ1v) is 8.74. The van der Waals surface area contributed by atoms with Crippen molar-refractivity contribution in [1.29, 1.82) is 0 Å². The minimum atomic E-state index is 0.527. The van der Waals surface area contributed by atoms with Gasteiger partial charge in [-0.1, -0.05) is 13.3 Å². The summed E-state index contributed by atoms with van der Waals surface area (Å²) in [5, 5.41) is 12.2.